The van der Waals surface area contributed by atoms with Crippen molar-refractivity contribution in [3.8, 4) is 0 Å². The van der Waals surface area contributed by atoms with Gasteiger partial charge in [-0.1, -0.05) is 12.1 Å². The summed E-state index contributed by atoms with van der Waals surface area (Å²) in [6, 6.07) is 7.10. The summed E-state index contributed by atoms with van der Waals surface area (Å²) in [5, 5.41) is 0.511. The van der Waals surface area contributed by atoms with Crippen molar-refractivity contribution in [2.45, 2.75) is 13.5 Å². The van der Waals surface area contributed by atoms with Gasteiger partial charge in [-0.2, -0.15) is 0 Å². The number of para-hydroxylation sites is 1. The molecular weight excluding hydrogens is 181 g/mol. The molecule has 0 atom stereocenters. The standard InChI is InChI=1S/C11H10FNO/c1-2-13-9-6-4-3-5-8(9)11(12)10(13)7-14/h3-7H,2H2,1H3. The number of aromatic nitrogens is 1. The fourth-order valence-electron chi connectivity index (χ4n) is 1.74. The summed E-state index contributed by atoms with van der Waals surface area (Å²) >= 11 is 0. The predicted octanol–water partition coefficient (Wildman–Crippen LogP) is 2.61. The Bertz CT molecular complexity index is 487. The van der Waals surface area contributed by atoms with E-state index in [0.717, 1.165) is 5.52 Å². The molecule has 14 heavy (non-hydrogen) atoms. The molecule has 0 saturated carbocycles. The molecule has 0 aliphatic carbocycles. The molecule has 0 unspecified atom stereocenters. The van der Waals surface area contributed by atoms with Gasteiger partial charge in [-0.05, 0) is 19.1 Å². The summed E-state index contributed by atoms with van der Waals surface area (Å²) in [6.07, 6.45) is 0.568. The zero-order chi connectivity index (χ0) is 10.1. The lowest BCUT2D eigenvalue weighted by molar-refractivity contribution is 0.111. The van der Waals surface area contributed by atoms with Gasteiger partial charge >= 0.3 is 0 Å². The Morgan fingerprint density at radius 1 is 1.43 bits per heavy atom. The Hall–Kier alpha value is -1.64. The normalized spacial score (nSPS) is 10.7. The van der Waals surface area contributed by atoms with Crippen LogP contribution in [0.1, 0.15) is 17.4 Å². The van der Waals surface area contributed by atoms with Crippen molar-refractivity contribution in [3.63, 3.8) is 0 Å². The molecule has 2 rings (SSSR count). The second-order valence-electron chi connectivity index (χ2n) is 3.08. The van der Waals surface area contributed by atoms with Crippen LogP contribution < -0.4 is 0 Å². The van der Waals surface area contributed by atoms with Gasteiger partial charge in [0.1, 0.15) is 5.69 Å². The minimum Gasteiger partial charge on any atom is -0.336 e. The van der Waals surface area contributed by atoms with Gasteiger partial charge in [-0.3, -0.25) is 4.79 Å². The van der Waals surface area contributed by atoms with Crippen LogP contribution in [0.25, 0.3) is 10.9 Å². The van der Waals surface area contributed by atoms with Crippen LogP contribution >= 0.6 is 0 Å². The first kappa shape index (κ1) is 8.94. The fraction of sp³-hybridized carbons (Fsp3) is 0.182. The molecule has 0 fully saturated rings. The third kappa shape index (κ3) is 1.05. The van der Waals surface area contributed by atoms with Crippen LogP contribution in [0, 0.1) is 5.82 Å². The van der Waals surface area contributed by atoms with Gasteiger partial charge in [0, 0.05) is 11.9 Å². The molecule has 0 bridgehead atoms. The quantitative estimate of drug-likeness (QED) is 0.669. The number of carbonyl (C=O) groups is 1. The lowest BCUT2D eigenvalue weighted by atomic mass is 10.2. The van der Waals surface area contributed by atoms with E-state index in [1.165, 1.54) is 0 Å². The Morgan fingerprint density at radius 2 is 2.14 bits per heavy atom. The Morgan fingerprint density at radius 3 is 2.79 bits per heavy atom. The molecule has 1 heterocycles. The first-order valence-corrected chi connectivity index (χ1v) is 4.51. The lowest BCUT2D eigenvalue weighted by Gasteiger charge is -2.01. The number of carbonyl (C=O) groups excluding carboxylic acids is 1. The summed E-state index contributed by atoms with van der Waals surface area (Å²) < 4.78 is 15.3. The van der Waals surface area contributed by atoms with E-state index in [2.05, 4.69) is 0 Å². The van der Waals surface area contributed by atoms with Crippen molar-refractivity contribution in [3.05, 3.63) is 35.8 Å². The van der Waals surface area contributed by atoms with Gasteiger partial charge in [-0.25, -0.2) is 4.39 Å². The maximum Gasteiger partial charge on any atom is 0.169 e. The maximum atomic E-state index is 13.6. The van der Waals surface area contributed by atoms with Gasteiger partial charge in [0.25, 0.3) is 0 Å². The van der Waals surface area contributed by atoms with Crippen molar-refractivity contribution in [2.75, 3.05) is 0 Å². The van der Waals surface area contributed by atoms with E-state index >= 15 is 0 Å². The number of hydrogen-bond donors (Lipinski definition) is 0. The largest absolute Gasteiger partial charge is 0.336 e. The number of rotatable bonds is 2. The molecule has 0 amide bonds. The van der Waals surface area contributed by atoms with Gasteiger partial charge in [0.2, 0.25) is 0 Å². The molecular formula is C11H10FNO. The van der Waals surface area contributed by atoms with Crippen molar-refractivity contribution in [2.24, 2.45) is 0 Å². The van der Waals surface area contributed by atoms with Crippen LogP contribution in [-0.2, 0) is 6.54 Å². The third-order valence-corrected chi connectivity index (χ3v) is 2.37. The monoisotopic (exact) mass is 191 g/mol. The zero-order valence-corrected chi connectivity index (χ0v) is 7.83. The van der Waals surface area contributed by atoms with Gasteiger partial charge in [0.05, 0.1) is 5.52 Å². The molecule has 72 valence electrons. The first-order chi connectivity index (χ1) is 6.79. The number of nitrogens with zero attached hydrogens (tertiary/aromatic N) is 1. The van der Waals surface area contributed by atoms with E-state index < -0.39 is 5.82 Å². The lowest BCUT2D eigenvalue weighted by Crippen LogP contribution is -1.99. The molecule has 0 spiro atoms. The highest BCUT2D eigenvalue weighted by molar-refractivity contribution is 5.89. The summed E-state index contributed by atoms with van der Waals surface area (Å²) in [7, 11) is 0. The topological polar surface area (TPSA) is 22.0 Å². The number of aryl methyl sites for hydroxylation is 1. The molecule has 2 aromatic rings. The highest BCUT2D eigenvalue weighted by Crippen LogP contribution is 2.23. The van der Waals surface area contributed by atoms with Gasteiger partial charge in [0.15, 0.2) is 12.1 Å². The molecule has 0 saturated heterocycles. The average molecular weight is 191 g/mol. The van der Waals surface area contributed by atoms with Crippen LogP contribution in [0.5, 0.6) is 0 Å². The summed E-state index contributed by atoms with van der Waals surface area (Å²) in [6.45, 7) is 2.48. The Labute approximate surface area is 81.0 Å². The van der Waals surface area contributed by atoms with E-state index in [4.69, 9.17) is 0 Å². The zero-order valence-electron chi connectivity index (χ0n) is 7.83. The third-order valence-electron chi connectivity index (χ3n) is 2.37. The highest BCUT2D eigenvalue weighted by Gasteiger charge is 2.14. The molecule has 1 aromatic heterocycles. The van der Waals surface area contributed by atoms with Crippen LogP contribution in [0.4, 0.5) is 4.39 Å². The van der Waals surface area contributed by atoms with E-state index in [1.807, 2.05) is 19.1 Å². The van der Waals surface area contributed by atoms with Crippen molar-refractivity contribution >= 4 is 17.2 Å². The molecule has 0 radical (unpaired) electrons. The van der Waals surface area contributed by atoms with Crippen molar-refractivity contribution in [1.29, 1.82) is 0 Å². The summed E-state index contributed by atoms with van der Waals surface area (Å²) in [5.41, 5.74) is 0.906. The summed E-state index contributed by atoms with van der Waals surface area (Å²) in [4.78, 5) is 10.7. The SMILES string of the molecule is CCn1c(C=O)c(F)c2ccccc21. The van der Waals surface area contributed by atoms with Crippen LogP contribution in [0.15, 0.2) is 24.3 Å². The smallest absolute Gasteiger partial charge is 0.169 e. The number of benzene rings is 1. The second kappa shape index (κ2) is 3.25. The fourth-order valence-corrected chi connectivity index (χ4v) is 1.74. The van der Waals surface area contributed by atoms with E-state index in [-0.39, 0.29) is 5.69 Å². The Kier molecular flexibility index (Phi) is 2.08. The molecule has 1 aromatic carbocycles. The molecule has 3 heteroatoms. The summed E-state index contributed by atoms with van der Waals surface area (Å²) in [5.74, 6) is -0.419. The van der Waals surface area contributed by atoms with Crippen molar-refractivity contribution < 1.29 is 9.18 Å². The Balaban J connectivity index is 2.91. The number of aldehydes is 1. The minimum atomic E-state index is -0.419. The minimum absolute atomic E-state index is 0.133. The van der Waals surface area contributed by atoms with Crippen LogP contribution in [-0.4, -0.2) is 10.9 Å². The highest BCUT2D eigenvalue weighted by atomic mass is 19.1. The van der Waals surface area contributed by atoms with E-state index in [1.54, 1.807) is 16.7 Å². The molecule has 2 nitrogen and oxygen atoms in total. The molecule has 0 N–H and O–H groups in total. The van der Waals surface area contributed by atoms with Crippen LogP contribution in [0.3, 0.4) is 0 Å². The predicted molar refractivity (Wildman–Crippen MR) is 53.0 cm³/mol. The second-order valence-corrected chi connectivity index (χ2v) is 3.08. The van der Waals surface area contributed by atoms with Gasteiger partial charge in [-0.15, -0.1) is 0 Å². The molecule has 0 aliphatic rings. The molecule has 0 aliphatic heterocycles. The number of hydrogen-bond acceptors (Lipinski definition) is 1. The first-order valence-electron chi connectivity index (χ1n) is 4.51. The van der Waals surface area contributed by atoms with Crippen molar-refractivity contribution in [1.82, 2.24) is 4.57 Å². The number of halogens is 1. The maximum absolute atomic E-state index is 13.6. The van der Waals surface area contributed by atoms with Gasteiger partial charge < -0.3 is 4.57 Å². The van der Waals surface area contributed by atoms with E-state index in [0.29, 0.717) is 18.2 Å². The average Bonchev–Trinajstić information content (AvgIpc) is 2.51. The number of fused-ring (bicyclic) bond motifs is 1. The van der Waals surface area contributed by atoms with Crippen LogP contribution in [0.2, 0.25) is 0 Å². The van der Waals surface area contributed by atoms with E-state index in [9.17, 15) is 9.18 Å².